The van der Waals surface area contributed by atoms with Crippen molar-refractivity contribution in [3.05, 3.63) is 54.1 Å². The normalized spacial score (nSPS) is 15.0. The third-order valence-corrected chi connectivity index (χ3v) is 7.93. The highest BCUT2D eigenvalue weighted by molar-refractivity contribution is 7.99. The van der Waals surface area contributed by atoms with E-state index < -0.39 is 15.1 Å². The number of carbonyl (C=O) groups excluding carboxylic acids is 2. The number of rotatable bonds is 7. The number of anilines is 1. The van der Waals surface area contributed by atoms with E-state index in [-0.39, 0.29) is 23.1 Å². The van der Waals surface area contributed by atoms with Gasteiger partial charge in [0.25, 0.3) is 0 Å². The average Bonchev–Trinajstić information content (AvgIpc) is 2.88. The van der Waals surface area contributed by atoms with Gasteiger partial charge in [0.2, 0.25) is 11.8 Å². The molecule has 0 saturated carbocycles. The fourth-order valence-corrected chi connectivity index (χ4v) is 5.35. The highest BCUT2D eigenvalue weighted by atomic mass is 32.2. The molecule has 0 saturated heterocycles. The molecule has 1 aliphatic rings. The first kappa shape index (κ1) is 21.4. The molecule has 0 radical (unpaired) electrons. The molecule has 0 spiro atoms. The van der Waals surface area contributed by atoms with Crippen LogP contribution in [0, 0.1) is 0 Å². The first-order chi connectivity index (χ1) is 13.9. The van der Waals surface area contributed by atoms with Crippen LogP contribution >= 0.6 is 11.8 Å². The Kier molecular flexibility index (Phi) is 6.97. The molecular weight excluding hydrogens is 408 g/mol. The summed E-state index contributed by atoms with van der Waals surface area (Å²) >= 11 is 1.52. The first-order valence-electron chi connectivity index (χ1n) is 9.47. The molecule has 8 heteroatoms. The van der Waals surface area contributed by atoms with E-state index in [1.807, 2.05) is 30.3 Å². The van der Waals surface area contributed by atoms with Crippen molar-refractivity contribution >= 4 is 39.1 Å². The minimum absolute atomic E-state index is 0.114. The second kappa shape index (κ2) is 9.45. The minimum atomic E-state index is -3.70. The molecule has 2 N–H and O–H groups in total. The van der Waals surface area contributed by atoms with Gasteiger partial charge in [0, 0.05) is 30.0 Å². The maximum absolute atomic E-state index is 12.9. The van der Waals surface area contributed by atoms with E-state index in [1.54, 1.807) is 12.1 Å². The van der Waals surface area contributed by atoms with Gasteiger partial charge in [-0.05, 0) is 37.1 Å². The predicted octanol–water partition coefficient (Wildman–Crippen LogP) is 3.03. The van der Waals surface area contributed by atoms with Crippen molar-refractivity contribution in [1.29, 1.82) is 0 Å². The van der Waals surface area contributed by atoms with E-state index in [1.165, 1.54) is 24.8 Å². The zero-order valence-corrected chi connectivity index (χ0v) is 17.8. The molecule has 2 amide bonds. The van der Waals surface area contributed by atoms with Gasteiger partial charge < -0.3 is 10.6 Å². The molecule has 0 aromatic heterocycles. The first-order valence-corrected chi connectivity index (χ1v) is 12.0. The Morgan fingerprint density at radius 2 is 1.97 bits per heavy atom. The number of benzene rings is 2. The summed E-state index contributed by atoms with van der Waals surface area (Å²) in [5.41, 5.74) is 1.62. The molecule has 0 unspecified atom stereocenters. The summed E-state index contributed by atoms with van der Waals surface area (Å²) in [7, 11) is -3.70. The van der Waals surface area contributed by atoms with E-state index in [9.17, 15) is 18.0 Å². The van der Waals surface area contributed by atoms with Gasteiger partial charge in [0.05, 0.1) is 15.8 Å². The Morgan fingerprint density at radius 3 is 2.72 bits per heavy atom. The highest BCUT2D eigenvalue weighted by Crippen LogP contribution is 2.33. The fraction of sp³-hybridized carbons (Fsp3) is 0.333. The third-order valence-electron chi connectivity index (χ3n) is 4.72. The quantitative estimate of drug-likeness (QED) is 0.702. The Balaban J connectivity index is 1.61. The Morgan fingerprint density at radius 1 is 1.21 bits per heavy atom. The lowest BCUT2D eigenvalue weighted by Crippen LogP contribution is -2.31. The molecule has 1 aliphatic heterocycles. The van der Waals surface area contributed by atoms with Crippen LogP contribution < -0.4 is 10.6 Å². The highest BCUT2D eigenvalue weighted by Gasteiger charge is 2.27. The molecular formula is C21H24N2O4S2. The van der Waals surface area contributed by atoms with Crippen LogP contribution in [0.4, 0.5) is 5.69 Å². The molecule has 154 valence electrons. The molecule has 0 aliphatic carbocycles. The summed E-state index contributed by atoms with van der Waals surface area (Å²) < 4.78 is 25.8. The summed E-state index contributed by atoms with van der Waals surface area (Å²) in [5, 5.41) is 4.67. The average molecular weight is 433 g/mol. The van der Waals surface area contributed by atoms with Crippen molar-refractivity contribution in [3.63, 3.8) is 0 Å². The van der Waals surface area contributed by atoms with Gasteiger partial charge >= 0.3 is 0 Å². The standard InChI is InChI=1S/C21H24N2O4S2/c1-15(13-21(25)22-11-9-16-5-3-2-4-6-16)29(26,27)17-7-8-19-18(14-17)23-20(24)10-12-28-19/h2-8,14-15H,9-13H2,1H3,(H,22,25)(H,23,24)/t15-/m1/s1. The second-order valence-electron chi connectivity index (χ2n) is 6.95. The summed E-state index contributed by atoms with van der Waals surface area (Å²) in [4.78, 5) is 24.9. The van der Waals surface area contributed by atoms with E-state index in [4.69, 9.17) is 0 Å². The van der Waals surface area contributed by atoms with Crippen molar-refractivity contribution in [2.24, 2.45) is 0 Å². The van der Waals surface area contributed by atoms with Gasteiger partial charge in [-0.25, -0.2) is 8.42 Å². The summed E-state index contributed by atoms with van der Waals surface area (Å²) in [6, 6.07) is 14.5. The van der Waals surface area contributed by atoms with Gasteiger partial charge in [-0.15, -0.1) is 11.8 Å². The van der Waals surface area contributed by atoms with Crippen LogP contribution in [0.15, 0.2) is 58.3 Å². The molecule has 0 bridgehead atoms. The van der Waals surface area contributed by atoms with Crippen LogP contribution in [0.2, 0.25) is 0 Å². The molecule has 2 aromatic carbocycles. The van der Waals surface area contributed by atoms with Crippen molar-refractivity contribution in [2.75, 3.05) is 17.6 Å². The number of sulfone groups is 1. The van der Waals surface area contributed by atoms with Gasteiger partial charge in [-0.2, -0.15) is 0 Å². The third kappa shape index (κ3) is 5.61. The summed E-state index contributed by atoms with van der Waals surface area (Å²) in [6.07, 6.45) is 0.964. The molecule has 29 heavy (non-hydrogen) atoms. The lowest BCUT2D eigenvalue weighted by Gasteiger charge is -2.15. The number of nitrogens with one attached hydrogen (secondary N) is 2. The number of carbonyl (C=O) groups is 2. The SMILES string of the molecule is C[C@H](CC(=O)NCCc1ccccc1)S(=O)(=O)c1ccc2c(c1)NC(=O)CCS2. The largest absolute Gasteiger partial charge is 0.356 e. The lowest BCUT2D eigenvalue weighted by atomic mass is 10.1. The van der Waals surface area contributed by atoms with Crippen LogP contribution in [0.3, 0.4) is 0 Å². The van der Waals surface area contributed by atoms with Crippen LogP contribution in [0.5, 0.6) is 0 Å². The molecule has 6 nitrogen and oxygen atoms in total. The van der Waals surface area contributed by atoms with Gasteiger partial charge in [-0.3, -0.25) is 9.59 Å². The monoisotopic (exact) mass is 432 g/mol. The smallest absolute Gasteiger partial charge is 0.225 e. The summed E-state index contributed by atoms with van der Waals surface area (Å²) in [6.45, 7) is 1.99. The number of hydrogen-bond acceptors (Lipinski definition) is 5. The number of fused-ring (bicyclic) bond motifs is 1. The van der Waals surface area contributed by atoms with Crippen molar-refractivity contribution in [2.45, 2.75) is 41.2 Å². The number of thioether (sulfide) groups is 1. The van der Waals surface area contributed by atoms with E-state index >= 15 is 0 Å². The molecule has 0 fully saturated rings. The second-order valence-corrected chi connectivity index (χ2v) is 10.5. The van der Waals surface area contributed by atoms with Crippen LogP contribution in [-0.4, -0.2) is 37.8 Å². The van der Waals surface area contributed by atoms with E-state index in [0.29, 0.717) is 30.8 Å². The topological polar surface area (TPSA) is 92.3 Å². The van der Waals surface area contributed by atoms with Crippen molar-refractivity contribution in [1.82, 2.24) is 5.32 Å². The maximum atomic E-state index is 12.9. The molecule has 1 heterocycles. The Bertz CT molecular complexity index is 991. The predicted molar refractivity (Wildman–Crippen MR) is 115 cm³/mol. The Hall–Kier alpha value is -2.32. The van der Waals surface area contributed by atoms with Crippen LogP contribution in [0.1, 0.15) is 25.3 Å². The van der Waals surface area contributed by atoms with E-state index in [2.05, 4.69) is 10.6 Å². The molecule has 1 atom stereocenters. The number of hydrogen-bond donors (Lipinski definition) is 2. The maximum Gasteiger partial charge on any atom is 0.225 e. The Labute approximate surface area is 175 Å². The van der Waals surface area contributed by atoms with Crippen molar-refractivity contribution < 1.29 is 18.0 Å². The van der Waals surface area contributed by atoms with Crippen LogP contribution in [-0.2, 0) is 25.8 Å². The van der Waals surface area contributed by atoms with Crippen LogP contribution in [0.25, 0.3) is 0 Å². The van der Waals surface area contributed by atoms with Crippen molar-refractivity contribution in [3.8, 4) is 0 Å². The van der Waals surface area contributed by atoms with Gasteiger partial charge in [0.1, 0.15) is 0 Å². The fourth-order valence-electron chi connectivity index (χ4n) is 3.04. The zero-order valence-electron chi connectivity index (χ0n) is 16.2. The number of amides is 2. The zero-order chi connectivity index (χ0) is 20.9. The molecule has 2 aromatic rings. The van der Waals surface area contributed by atoms with E-state index in [0.717, 1.165) is 10.5 Å². The van der Waals surface area contributed by atoms with Gasteiger partial charge in [-0.1, -0.05) is 30.3 Å². The lowest BCUT2D eigenvalue weighted by molar-refractivity contribution is -0.121. The summed E-state index contributed by atoms with van der Waals surface area (Å²) in [5.74, 6) is 0.233. The molecule has 3 rings (SSSR count). The van der Waals surface area contributed by atoms with Gasteiger partial charge in [0.15, 0.2) is 9.84 Å². The minimum Gasteiger partial charge on any atom is -0.356 e.